The van der Waals surface area contributed by atoms with Gasteiger partial charge in [-0.3, -0.25) is 10.1 Å². The lowest BCUT2D eigenvalue weighted by atomic mass is 10.1. The number of hydrogen-bond donors (Lipinski definition) is 0. The first-order valence-electron chi connectivity index (χ1n) is 6.61. The van der Waals surface area contributed by atoms with Gasteiger partial charge in [-0.15, -0.1) is 0 Å². The smallest absolute Gasteiger partial charge is 0.234 e. The molecule has 1 unspecified atom stereocenters. The summed E-state index contributed by atoms with van der Waals surface area (Å²) in [6, 6.07) is 16.8. The van der Waals surface area contributed by atoms with E-state index in [0.29, 0.717) is 17.9 Å². The zero-order chi connectivity index (χ0) is 15.1. The van der Waals surface area contributed by atoms with Crippen molar-refractivity contribution in [3.8, 4) is 5.75 Å². The van der Waals surface area contributed by atoms with Crippen molar-refractivity contribution in [2.45, 2.75) is 12.7 Å². The topological polar surface area (TPSA) is 61.6 Å². The van der Waals surface area contributed by atoms with Gasteiger partial charge in [-0.25, -0.2) is 0 Å². The molecule has 2 aromatic carbocycles. The molecule has 0 amide bonds. The summed E-state index contributed by atoms with van der Waals surface area (Å²) in [7, 11) is 1.54. The Morgan fingerprint density at radius 3 is 2.43 bits per heavy atom. The van der Waals surface area contributed by atoms with Crippen molar-refractivity contribution in [3.63, 3.8) is 0 Å². The predicted molar refractivity (Wildman–Crippen MR) is 78.8 cm³/mol. The van der Waals surface area contributed by atoms with E-state index in [0.717, 1.165) is 5.56 Å². The van der Waals surface area contributed by atoms with E-state index in [4.69, 9.17) is 9.47 Å². The second-order valence-electron chi connectivity index (χ2n) is 4.54. The molecule has 0 aliphatic heterocycles. The van der Waals surface area contributed by atoms with Gasteiger partial charge in [-0.05, 0) is 11.6 Å². The molecule has 0 radical (unpaired) electrons. The fourth-order valence-electron chi connectivity index (χ4n) is 2.08. The van der Waals surface area contributed by atoms with Gasteiger partial charge in [0.1, 0.15) is 5.75 Å². The van der Waals surface area contributed by atoms with Crippen LogP contribution < -0.4 is 4.74 Å². The Morgan fingerprint density at radius 1 is 1.10 bits per heavy atom. The maximum Gasteiger partial charge on any atom is 0.234 e. The molecule has 0 saturated heterocycles. The van der Waals surface area contributed by atoms with Crippen molar-refractivity contribution in [1.29, 1.82) is 0 Å². The third-order valence-corrected chi connectivity index (χ3v) is 3.09. The van der Waals surface area contributed by atoms with Crippen molar-refractivity contribution in [1.82, 2.24) is 0 Å². The molecule has 0 fully saturated rings. The molecular weight excluding hydrogens is 270 g/mol. The number of benzene rings is 2. The number of para-hydroxylation sites is 1. The summed E-state index contributed by atoms with van der Waals surface area (Å²) in [5.41, 5.74) is 1.66. The van der Waals surface area contributed by atoms with E-state index in [1.54, 1.807) is 19.2 Å². The average molecular weight is 287 g/mol. The van der Waals surface area contributed by atoms with Crippen molar-refractivity contribution < 1.29 is 14.4 Å². The lowest BCUT2D eigenvalue weighted by molar-refractivity contribution is -0.493. The Morgan fingerprint density at radius 2 is 1.76 bits per heavy atom. The van der Waals surface area contributed by atoms with E-state index >= 15 is 0 Å². The van der Waals surface area contributed by atoms with Crippen molar-refractivity contribution >= 4 is 0 Å². The SMILES string of the molecule is COc1ccccc1C(C[N+](=O)[O-])OCc1ccccc1. The minimum absolute atomic E-state index is 0.298. The Balaban J connectivity index is 2.16. The van der Waals surface area contributed by atoms with E-state index in [1.165, 1.54) is 0 Å². The molecule has 0 N–H and O–H groups in total. The summed E-state index contributed by atoms with van der Waals surface area (Å²) in [5, 5.41) is 10.9. The molecule has 0 saturated carbocycles. The highest BCUT2D eigenvalue weighted by atomic mass is 16.6. The third kappa shape index (κ3) is 4.29. The van der Waals surface area contributed by atoms with Gasteiger partial charge in [0.05, 0.1) is 13.7 Å². The van der Waals surface area contributed by atoms with Crippen molar-refractivity contribution in [2.75, 3.05) is 13.7 Å². The van der Waals surface area contributed by atoms with Crippen LogP contribution in [0.25, 0.3) is 0 Å². The summed E-state index contributed by atoms with van der Waals surface area (Å²) in [4.78, 5) is 10.5. The number of nitro groups is 1. The molecular formula is C16H17NO4. The third-order valence-electron chi connectivity index (χ3n) is 3.09. The summed E-state index contributed by atoms with van der Waals surface area (Å²) in [6.45, 7) is 0.0185. The largest absolute Gasteiger partial charge is 0.496 e. The van der Waals surface area contributed by atoms with Crippen LogP contribution in [0.4, 0.5) is 0 Å². The molecule has 0 spiro atoms. The quantitative estimate of drug-likeness (QED) is 0.579. The Hall–Kier alpha value is -2.40. The normalized spacial score (nSPS) is 11.9. The molecule has 5 nitrogen and oxygen atoms in total. The monoisotopic (exact) mass is 287 g/mol. The number of methoxy groups -OCH3 is 1. The van der Waals surface area contributed by atoms with Crippen LogP contribution in [-0.2, 0) is 11.3 Å². The lowest BCUT2D eigenvalue weighted by Crippen LogP contribution is -2.16. The highest BCUT2D eigenvalue weighted by molar-refractivity contribution is 5.35. The molecule has 0 bridgehead atoms. The molecule has 2 rings (SSSR count). The van der Waals surface area contributed by atoms with Crippen LogP contribution in [0.5, 0.6) is 5.75 Å². The predicted octanol–water partition coefficient (Wildman–Crippen LogP) is 3.23. The Kier molecular flexibility index (Phi) is 5.29. The van der Waals surface area contributed by atoms with E-state index < -0.39 is 6.10 Å². The molecule has 5 heteroatoms. The van der Waals surface area contributed by atoms with Crippen LogP contribution in [0.2, 0.25) is 0 Å². The fraction of sp³-hybridized carbons (Fsp3) is 0.250. The maximum atomic E-state index is 10.9. The minimum Gasteiger partial charge on any atom is -0.496 e. The first-order valence-corrected chi connectivity index (χ1v) is 6.61. The molecule has 1 atom stereocenters. The Labute approximate surface area is 123 Å². The van der Waals surface area contributed by atoms with E-state index in [-0.39, 0.29) is 11.5 Å². The van der Waals surface area contributed by atoms with Crippen LogP contribution in [0.3, 0.4) is 0 Å². The van der Waals surface area contributed by atoms with Gasteiger partial charge in [0.2, 0.25) is 6.54 Å². The molecule has 2 aromatic rings. The highest BCUT2D eigenvalue weighted by Crippen LogP contribution is 2.28. The van der Waals surface area contributed by atoms with Crippen LogP contribution in [0, 0.1) is 10.1 Å². The molecule has 0 heterocycles. The van der Waals surface area contributed by atoms with Gasteiger partial charge >= 0.3 is 0 Å². The number of nitrogens with zero attached hydrogens (tertiary/aromatic N) is 1. The first-order chi connectivity index (χ1) is 10.2. The minimum atomic E-state index is -0.642. The fourth-order valence-corrected chi connectivity index (χ4v) is 2.08. The van der Waals surface area contributed by atoms with E-state index in [2.05, 4.69) is 0 Å². The molecule has 0 aliphatic carbocycles. The van der Waals surface area contributed by atoms with Crippen LogP contribution in [-0.4, -0.2) is 18.6 Å². The zero-order valence-corrected chi connectivity index (χ0v) is 11.8. The Bertz CT molecular complexity index is 586. The van der Waals surface area contributed by atoms with Crippen LogP contribution >= 0.6 is 0 Å². The molecule has 0 aliphatic rings. The summed E-state index contributed by atoms with van der Waals surface area (Å²) in [6.07, 6.45) is -0.642. The van der Waals surface area contributed by atoms with E-state index in [9.17, 15) is 10.1 Å². The van der Waals surface area contributed by atoms with E-state index in [1.807, 2.05) is 42.5 Å². The highest BCUT2D eigenvalue weighted by Gasteiger charge is 2.22. The summed E-state index contributed by atoms with van der Waals surface area (Å²) >= 11 is 0. The zero-order valence-electron chi connectivity index (χ0n) is 11.8. The van der Waals surface area contributed by atoms with Gasteiger partial charge < -0.3 is 9.47 Å². The van der Waals surface area contributed by atoms with Crippen molar-refractivity contribution in [2.24, 2.45) is 0 Å². The van der Waals surface area contributed by atoms with Crippen LogP contribution in [0.1, 0.15) is 17.2 Å². The summed E-state index contributed by atoms with van der Waals surface area (Å²) < 4.78 is 11.0. The first kappa shape index (κ1) is 15.0. The molecule has 110 valence electrons. The second-order valence-corrected chi connectivity index (χ2v) is 4.54. The number of rotatable bonds is 7. The second kappa shape index (κ2) is 7.40. The molecule has 21 heavy (non-hydrogen) atoms. The van der Waals surface area contributed by atoms with Gasteiger partial charge in [-0.1, -0.05) is 48.5 Å². The number of ether oxygens (including phenoxy) is 2. The lowest BCUT2D eigenvalue weighted by Gasteiger charge is -2.17. The van der Waals surface area contributed by atoms with Gasteiger partial charge in [0.25, 0.3) is 0 Å². The number of hydrogen-bond acceptors (Lipinski definition) is 4. The summed E-state index contributed by atoms with van der Waals surface area (Å²) in [5.74, 6) is 0.595. The average Bonchev–Trinajstić information content (AvgIpc) is 2.52. The van der Waals surface area contributed by atoms with Gasteiger partial charge in [0, 0.05) is 10.5 Å². The van der Waals surface area contributed by atoms with Crippen LogP contribution in [0.15, 0.2) is 54.6 Å². The van der Waals surface area contributed by atoms with Crippen molar-refractivity contribution in [3.05, 3.63) is 75.8 Å². The standard InChI is InChI=1S/C16H17NO4/c1-20-15-10-6-5-9-14(15)16(11-17(18)19)21-12-13-7-3-2-4-8-13/h2-10,16H,11-12H2,1H3. The van der Waals surface area contributed by atoms with Gasteiger partial charge in [0.15, 0.2) is 6.10 Å². The van der Waals surface area contributed by atoms with Gasteiger partial charge in [-0.2, -0.15) is 0 Å². The molecule has 0 aromatic heterocycles. The maximum absolute atomic E-state index is 10.9.